The highest BCUT2D eigenvalue weighted by Crippen LogP contribution is 2.23. The summed E-state index contributed by atoms with van der Waals surface area (Å²) >= 11 is 0. The summed E-state index contributed by atoms with van der Waals surface area (Å²) in [5.74, 6) is 0.536. The van der Waals surface area contributed by atoms with Crippen LogP contribution in [-0.4, -0.2) is 17.0 Å². The lowest BCUT2D eigenvalue weighted by atomic mass is 10.1. The first-order valence-corrected chi connectivity index (χ1v) is 5.25. The monoisotopic (exact) mass is 204 g/mol. The summed E-state index contributed by atoms with van der Waals surface area (Å²) in [6.07, 6.45) is 5.94. The third-order valence-electron chi connectivity index (χ3n) is 2.42. The van der Waals surface area contributed by atoms with E-state index >= 15 is 0 Å². The minimum absolute atomic E-state index is 0.154. The summed E-state index contributed by atoms with van der Waals surface area (Å²) in [5.41, 5.74) is 6.89. The lowest BCUT2D eigenvalue weighted by Crippen LogP contribution is -2.34. The molecule has 1 aromatic rings. The Bertz CT molecular complexity index is 343. The minimum Gasteiger partial charge on any atom is -0.370 e. The van der Waals surface area contributed by atoms with Gasteiger partial charge in [0, 0.05) is 12.4 Å². The first kappa shape index (κ1) is 9.96. The van der Waals surface area contributed by atoms with E-state index in [2.05, 4.69) is 15.3 Å². The molecule has 1 saturated carbocycles. The maximum absolute atomic E-state index is 5.77. The Morgan fingerprint density at radius 3 is 3.07 bits per heavy atom. The predicted molar refractivity (Wildman–Crippen MR) is 60.4 cm³/mol. The number of hydrogen-bond donors (Lipinski definition) is 2. The van der Waals surface area contributed by atoms with Gasteiger partial charge in [-0.15, -0.1) is 0 Å². The van der Waals surface area contributed by atoms with E-state index in [1.54, 1.807) is 6.20 Å². The molecule has 1 heterocycles. The van der Waals surface area contributed by atoms with Gasteiger partial charge < -0.3 is 11.1 Å². The van der Waals surface area contributed by atoms with Gasteiger partial charge in [0.05, 0.1) is 12.1 Å². The van der Waals surface area contributed by atoms with Crippen LogP contribution in [-0.2, 0) is 0 Å². The van der Waals surface area contributed by atoms with E-state index in [4.69, 9.17) is 5.73 Å². The van der Waals surface area contributed by atoms with E-state index in [-0.39, 0.29) is 6.04 Å². The Kier molecular flexibility index (Phi) is 2.85. The number of aliphatic imine (C=N–C) groups is 1. The molecule has 0 saturated heterocycles. The average Bonchev–Trinajstić information content (AvgIpc) is 3.03. The molecule has 4 nitrogen and oxygen atoms in total. The van der Waals surface area contributed by atoms with Gasteiger partial charge in [-0.2, -0.15) is 0 Å². The summed E-state index contributed by atoms with van der Waals surface area (Å²) < 4.78 is 0. The van der Waals surface area contributed by atoms with Crippen molar-refractivity contribution in [2.45, 2.75) is 31.8 Å². The second-order valence-corrected chi connectivity index (χ2v) is 3.90. The van der Waals surface area contributed by atoms with Crippen LogP contribution in [0, 0.1) is 0 Å². The third-order valence-corrected chi connectivity index (χ3v) is 2.42. The lowest BCUT2D eigenvalue weighted by Gasteiger charge is -2.14. The third kappa shape index (κ3) is 2.94. The molecule has 1 aliphatic carbocycles. The van der Waals surface area contributed by atoms with Gasteiger partial charge in [-0.3, -0.25) is 9.98 Å². The first-order valence-electron chi connectivity index (χ1n) is 5.25. The van der Waals surface area contributed by atoms with Gasteiger partial charge in [0.25, 0.3) is 0 Å². The van der Waals surface area contributed by atoms with Crippen molar-refractivity contribution in [1.82, 2.24) is 10.3 Å². The van der Waals surface area contributed by atoms with Crippen LogP contribution in [0.4, 0.5) is 0 Å². The van der Waals surface area contributed by atoms with Crippen molar-refractivity contribution in [1.29, 1.82) is 0 Å². The molecule has 0 radical (unpaired) electrons. The van der Waals surface area contributed by atoms with Crippen molar-refractivity contribution in [3.05, 3.63) is 30.1 Å². The molecule has 0 aromatic carbocycles. The average molecular weight is 204 g/mol. The van der Waals surface area contributed by atoms with Crippen molar-refractivity contribution in [3.8, 4) is 0 Å². The van der Waals surface area contributed by atoms with Crippen LogP contribution in [0.1, 0.15) is 31.4 Å². The van der Waals surface area contributed by atoms with Gasteiger partial charge in [-0.25, -0.2) is 0 Å². The molecule has 0 spiro atoms. The van der Waals surface area contributed by atoms with Crippen molar-refractivity contribution < 1.29 is 0 Å². The van der Waals surface area contributed by atoms with E-state index in [0.29, 0.717) is 12.0 Å². The zero-order chi connectivity index (χ0) is 10.7. The molecular formula is C11H16N4. The highest BCUT2D eigenvalue weighted by atomic mass is 15.1. The predicted octanol–water partition coefficient (Wildman–Crippen LogP) is 1.21. The van der Waals surface area contributed by atoms with Crippen LogP contribution < -0.4 is 11.1 Å². The molecule has 0 bridgehead atoms. The van der Waals surface area contributed by atoms with Gasteiger partial charge in [-0.05, 0) is 31.4 Å². The second-order valence-electron chi connectivity index (χ2n) is 3.90. The summed E-state index contributed by atoms with van der Waals surface area (Å²) in [7, 11) is 0. The van der Waals surface area contributed by atoms with Crippen molar-refractivity contribution in [2.24, 2.45) is 10.7 Å². The summed E-state index contributed by atoms with van der Waals surface area (Å²) in [6, 6.07) is 4.55. The second kappa shape index (κ2) is 4.29. The Balaban J connectivity index is 1.94. The normalized spacial score (nSPS) is 18.6. The number of hydrogen-bond acceptors (Lipinski definition) is 2. The van der Waals surface area contributed by atoms with Crippen molar-refractivity contribution >= 4 is 5.96 Å². The molecule has 0 amide bonds. The van der Waals surface area contributed by atoms with E-state index in [9.17, 15) is 0 Å². The van der Waals surface area contributed by atoms with Crippen LogP contribution in [0.5, 0.6) is 0 Å². The van der Waals surface area contributed by atoms with E-state index in [1.807, 2.05) is 25.3 Å². The number of guanidine groups is 1. The maximum Gasteiger partial charge on any atom is 0.189 e. The van der Waals surface area contributed by atoms with Gasteiger partial charge in [0.15, 0.2) is 5.96 Å². The summed E-state index contributed by atoms with van der Waals surface area (Å²) in [4.78, 5) is 8.38. The number of pyridine rings is 1. The number of aromatic nitrogens is 1. The zero-order valence-electron chi connectivity index (χ0n) is 8.85. The van der Waals surface area contributed by atoms with E-state index in [0.717, 1.165) is 5.56 Å². The van der Waals surface area contributed by atoms with Crippen LogP contribution in [0.25, 0.3) is 0 Å². The molecule has 80 valence electrons. The standard InChI is InChI=1S/C11H16N4/c1-8(9-3-2-6-13-7-9)14-11(12)15-10-4-5-10/h2-3,6-8,10H,4-5H2,1H3,(H3,12,14,15). The molecule has 1 atom stereocenters. The van der Waals surface area contributed by atoms with Crippen LogP contribution in [0.15, 0.2) is 29.5 Å². The van der Waals surface area contributed by atoms with Crippen LogP contribution in [0.3, 0.4) is 0 Å². The summed E-state index contributed by atoms with van der Waals surface area (Å²) in [6.45, 7) is 2.05. The Labute approximate surface area is 89.6 Å². The maximum atomic E-state index is 5.77. The van der Waals surface area contributed by atoms with Crippen LogP contribution in [0.2, 0.25) is 0 Å². The first-order chi connectivity index (χ1) is 7.25. The molecule has 1 unspecified atom stereocenters. The Hall–Kier alpha value is -1.58. The fourth-order valence-corrected chi connectivity index (χ4v) is 1.37. The number of nitrogens with zero attached hydrogens (tertiary/aromatic N) is 2. The molecule has 1 fully saturated rings. The smallest absolute Gasteiger partial charge is 0.189 e. The summed E-state index contributed by atoms with van der Waals surface area (Å²) in [5, 5.41) is 3.16. The molecule has 1 aromatic heterocycles. The SMILES string of the molecule is CC(NC(N)=NC1CC1)c1cccnc1. The van der Waals surface area contributed by atoms with Gasteiger partial charge in [0.1, 0.15) is 0 Å². The highest BCUT2D eigenvalue weighted by molar-refractivity contribution is 5.78. The molecule has 1 aliphatic rings. The Morgan fingerprint density at radius 2 is 2.47 bits per heavy atom. The molecule has 4 heteroatoms. The minimum atomic E-state index is 0.154. The number of rotatable bonds is 3. The number of nitrogens with two attached hydrogens (primary N) is 1. The Morgan fingerprint density at radius 1 is 1.67 bits per heavy atom. The fraction of sp³-hybridized carbons (Fsp3) is 0.455. The molecular weight excluding hydrogens is 188 g/mol. The fourth-order valence-electron chi connectivity index (χ4n) is 1.37. The lowest BCUT2D eigenvalue weighted by molar-refractivity contribution is 0.704. The van der Waals surface area contributed by atoms with Crippen LogP contribution >= 0.6 is 0 Å². The zero-order valence-corrected chi connectivity index (χ0v) is 8.85. The highest BCUT2D eigenvalue weighted by Gasteiger charge is 2.20. The molecule has 3 N–H and O–H groups in total. The quantitative estimate of drug-likeness (QED) is 0.574. The van der Waals surface area contributed by atoms with E-state index < -0.39 is 0 Å². The molecule has 2 rings (SSSR count). The van der Waals surface area contributed by atoms with Gasteiger partial charge in [0.2, 0.25) is 0 Å². The van der Waals surface area contributed by atoms with Crippen molar-refractivity contribution in [3.63, 3.8) is 0 Å². The van der Waals surface area contributed by atoms with Crippen molar-refractivity contribution in [2.75, 3.05) is 0 Å². The molecule has 15 heavy (non-hydrogen) atoms. The molecule has 0 aliphatic heterocycles. The van der Waals surface area contributed by atoms with E-state index in [1.165, 1.54) is 12.8 Å². The number of nitrogens with one attached hydrogen (secondary N) is 1. The largest absolute Gasteiger partial charge is 0.370 e. The van der Waals surface area contributed by atoms with Gasteiger partial charge in [-0.1, -0.05) is 6.07 Å². The van der Waals surface area contributed by atoms with Gasteiger partial charge >= 0.3 is 0 Å². The topological polar surface area (TPSA) is 63.3 Å².